The number of carboxylic acids is 1. The molecule has 0 aliphatic carbocycles. The summed E-state index contributed by atoms with van der Waals surface area (Å²) in [5, 5.41) is 9.52. The highest BCUT2D eigenvalue weighted by atomic mass is 35.5. The Kier molecular flexibility index (Phi) is 3.55. The van der Waals surface area contributed by atoms with Gasteiger partial charge in [-0.25, -0.2) is 9.18 Å². The van der Waals surface area contributed by atoms with Crippen LogP contribution in [0.25, 0.3) is 11.1 Å². The van der Waals surface area contributed by atoms with E-state index in [0.717, 1.165) is 0 Å². The van der Waals surface area contributed by atoms with E-state index in [-0.39, 0.29) is 10.6 Å². The molecule has 0 fully saturated rings. The smallest absolute Gasteiger partial charge is 0.335 e. The van der Waals surface area contributed by atoms with Crippen molar-refractivity contribution in [1.82, 2.24) is 0 Å². The Morgan fingerprint density at radius 1 is 1.11 bits per heavy atom. The van der Waals surface area contributed by atoms with Crippen LogP contribution in [0.1, 0.15) is 10.4 Å². The molecule has 0 amide bonds. The van der Waals surface area contributed by atoms with E-state index in [0.29, 0.717) is 16.1 Å². The van der Waals surface area contributed by atoms with Crippen LogP contribution in [0.5, 0.6) is 0 Å². The van der Waals surface area contributed by atoms with Crippen LogP contribution >= 0.6 is 23.2 Å². The lowest BCUT2D eigenvalue weighted by Crippen LogP contribution is -1.96. The first-order valence-electron chi connectivity index (χ1n) is 4.96. The van der Waals surface area contributed by atoms with E-state index in [1.54, 1.807) is 0 Å². The van der Waals surface area contributed by atoms with Crippen molar-refractivity contribution in [3.63, 3.8) is 0 Å². The van der Waals surface area contributed by atoms with E-state index in [1.165, 1.54) is 36.4 Å². The van der Waals surface area contributed by atoms with Crippen LogP contribution in [-0.2, 0) is 0 Å². The maximum atomic E-state index is 13.2. The van der Waals surface area contributed by atoms with Crippen molar-refractivity contribution in [3.05, 3.63) is 57.8 Å². The van der Waals surface area contributed by atoms with Gasteiger partial charge >= 0.3 is 5.97 Å². The fraction of sp³-hybridized carbons (Fsp3) is 0. The van der Waals surface area contributed by atoms with Gasteiger partial charge in [0, 0.05) is 15.6 Å². The number of halogens is 3. The topological polar surface area (TPSA) is 37.3 Å². The van der Waals surface area contributed by atoms with Gasteiger partial charge in [-0.05, 0) is 42.0 Å². The number of aromatic carboxylic acids is 1. The Morgan fingerprint density at radius 3 is 2.50 bits per heavy atom. The molecule has 5 heteroatoms. The van der Waals surface area contributed by atoms with Crippen LogP contribution in [-0.4, -0.2) is 11.1 Å². The van der Waals surface area contributed by atoms with Crippen molar-refractivity contribution in [2.24, 2.45) is 0 Å². The summed E-state index contributed by atoms with van der Waals surface area (Å²) in [6, 6.07) is 8.13. The molecule has 0 saturated carbocycles. The zero-order valence-corrected chi connectivity index (χ0v) is 10.5. The second-order valence-electron chi connectivity index (χ2n) is 3.66. The Bertz CT molecular complexity index is 626. The summed E-state index contributed by atoms with van der Waals surface area (Å²) in [5.74, 6) is -1.56. The molecule has 0 atom stereocenters. The van der Waals surface area contributed by atoms with E-state index in [9.17, 15) is 9.18 Å². The highest BCUT2D eigenvalue weighted by Crippen LogP contribution is 2.31. The molecule has 2 aromatic rings. The molecule has 0 heterocycles. The number of hydrogen-bond donors (Lipinski definition) is 1. The first-order chi connectivity index (χ1) is 8.47. The molecule has 0 saturated heterocycles. The molecule has 0 bridgehead atoms. The lowest BCUT2D eigenvalue weighted by molar-refractivity contribution is 0.0697. The quantitative estimate of drug-likeness (QED) is 0.882. The summed E-state index contributed by atoms with van der Waals surface area (Å²) in [4.78, 5) is 10.9. The highest BCUT2D eigenvalue weighted by Gasteiger charge is 2.10. The monoisotopic (exact) mass is 284 g/mol. The number of carbonyl (C=O) groups is 1. The molecule has 0 aliphatic rings. The number of benzene rings is 2. The van der Waals surface area contributed by atoms with Crippen molar-refractivity contribution in [3.8, 4) is 11.1 Å². The SMILES string of the molecule is O=C(O)c1cc(Cl)cc(-c2cc(F)ccc2Cl)c1. The summed E-state index contributed by atoms with van der Waals surface area (Å²) in [6.07, 6.45) is 0. The minimum absolute atomic E-state index is 0.0258. The third-order valence-electron chi connectivity index (χ3n) is 2.38. The second-order valence-corrected chi connectivity index (χ2v) is 4.50. The standard InChI is InChI=1S/C13H7Cl2FO2/c14-9-4-7(3-8(5-9)13(17)18)11-6-10(16)1-2-12(11)15/h1-6H,(H,17,18). The Hall–Kier alpha value is -1.58. The van der Waals surface area contributed by atoms with Gasteiger partial charge in [0.25, 0.3) is 0 Å². The van der Waals surface area contributed by atoms with Crippen LogP contribution in [0, 0.1) is 5.82 Å². The average molecular weight is 285 g/mol. The Labute approximate surface area is 113 Å². The first kappa shape index (κ1) is 12.9. The molecule has 0 unspecified atom stereocenters. The zero-order valence-electron chi connectivity index (χ0n) is 8.95. The molecule has 2 rings (SSSR count). The van der Waals surface area contributed by atoms with E-state index >= 15 is 0 Å². The van der Waals surface area contributed by atoms with Crippen molar-refractivity contribution >= 4 is 29.2 Å². The predicted molar refractivity (Wildman–Crippen MR) is 68.8 cm³/mol. The summed E-state index contributed by atoms with van der Waals surface area (Å²) in [5.41, 5.74) is 0.892. The van der Waals surface area contributed by atoms with E-state index in [2.05, 4.69) is 0 Å². The summed E-state index contributed by atoms with van der Waals surface area (Å²) < 4.78 is 13.2. The van der Waals surface area contributed by atoms with Crippen LogP contribution in [0.4, 0.5) is 4.39 Å². The van der Waals surface area contributed by atoms with Gasteiger partial charge < -0.3 is 5.11 Å². The maximum Gasteiger partial charge on any atom is 0.335 e. The molecule has 0 aromatic heterocycles. The van der Waals surface area contributed by atoms with Crippen molar-refractivity contribution in [2.75, 3.05) is 0 Å². The Balaban J connectivity index is 2.63. The molecule has 0 aliphatic heterocycles. The van der Waals surface area contributed by atoms with Gasteiger partial charge in [0.1, 0.15) is 5.82 Å². The van der Waals surface area contributed by atoms with Crippen LogP contribution < -0.4 is 0 Å². The number of hydrogen-bond acceptors (Lipinski definition) is 1. The normalized spacial score (nSPS) is 10.4. The third kappa shape index (κ3) is 2.63. The minimum atomic E-state index is -1.11. The van der Waals surface area contributed by atoms with Gasteiger partial charge in [0.2, 0.25) is 0 Å². The fourth-order valence-electron chi connectivity index (χ4n) is 1.59. The number of carboxylic acid groups (broad SMARTS) is 1. The molecular formula is C13H7Cl2FO2. The third-order valence-corrected chi connectivity index (χ3v) is 2.93. The lowest BCUT2D eigenvalue weighted by atomic mass is 10.0. The molecule has 18 heavy (non-hydrogen) atoms. The molecular weight excluding hydrogens is 278 g/mol. The van der Waals surface area contributed by atoms with E-state index in [1.807, 2.05) is 0 Å². The van der Waals surface area contributed by atoms with Gasteiger partial charge in [0.15, 0.2) is 0 Å². The largest absolute Gasteiger partial charge is 0.478 e. The van der Waals surface area contributed by atoms with Crippen molar-refractivity contribution < 1.29 is 14.3 Å². The van der Waals surface area contributed by atoms with Gasteiger partial charge in [-0.2, -0.15) is 0 Å². The number of rotatable bonds is 2. The molecule has 2 nitrogen and oxygen atoms in total. The van der Waals surface area contributed by atoms with Crippen LogP contribution in [0.2, 0.25) is 10.0 Å². The molecule has 92 valence electrons. The van der Waals surface area contributed by atoms with E-state index < -0.39 is 11.8 Å². The zero-order chi connectivity index (χ0) is 13.3. The van der Waals surface area contributed by atoms with Crippen LogP contribution in [0.3, 0.4) is 0 Å². The van der Waals surface area contributed by atoms with E-state index in [4.69, 9.17) is 28.3 Å². The first-order valence-corrected chi connectivity index (χ1v) is 5.72. The van der Waals surface area contributed by atoms with Crippen molar-refractivity contribution in [2.45, 2.75) is 0 Å². The predicted octanol–water partition coefficient (Wildman–Crippen LogP) is 4.50. The molecule has 0 radical (unpaired) electrons. The molecule has 0 spiro atoms. The molecule has 2 aromatic carbocycles. The Morgan fingerprint density at radius 2 is 1.83 bits per heavy atom. The van der Waals surface area contributed by atoms with Crippen LogP contribution in [0.15, 0.2) is 36.4 Å². The molecule has 1 N–H and O–H groups in total. The second kappa shape index (κ2) is 4.96. The average Bonchev–Trinajstić information content (AvgIpc) is 2.31. The summed E-state index contributed by atoms with van der Waals surface area (Å²) >= 11 is 11.8. The van der Waals surface area contributed by atoms with Gasteiger partial charge in [-0.3, -0.25) is 0 Å². The lowest BCUT2D eigenvalue weighted by Gasteiger charge is -2.07. The van der Waals surface area contributed by atoms with Gasteiger partial charge in [-0.1, -0.05) is 23.2 Å². The maximum absolute atomic E-state index is 13.2. The highest BCUT2D eigenvalue weighted by molar-refractivity contribution is 6.34. The minimum Gasteiger partial charge on any atom is -0.478 e. The van der Waals surface area contributed by atoms with Gasteiger partial charge in [0.05, 0.1) is 5.56 Å². The van der Waals surface area contributed by atoms with Crippen molar-refractivity contribution in [1.29, 1.82) is 0 Å². The summed E-state index contributed by atoms with van der Waals surface area (Å²) in [7, 11) is 0. The van der Waals surface area contributed by atoms with Gasteiger partial charge in [-0.15, -0.1) is 0 Å². The summed E-state index contributed by atoms with van der Waals surface area (Å²) in [6.45, 7) is 0. The fourth-order valence-corrected chi connectivity index (χ4v) is 2.05.